The summed E-state index contributed by atoms with van der Waals surface area (Å²) in [7, 11) is 4.38. The summed E-state index contributed by atoms with van der Waals surface area (Å²) in [6.07, 6.45) is 8.87. The Morgan fingerprint density at radius 3 is 2.26 bits per heavy atom. The maximum absolute atomic E-state index is 14.5. The first kappa shape index (κ1) is 62.9. The molecule has 0 spiro atoms. The van der Waals surface area contributed by atoms with Crippen LogP contribution in [0.4, 0.5) is 8.78 Å². The van der Waals surface area contributed by atoms with E-state index < -0.39 is 102 Å². The highest BCUT2D eigenvalue weighted by Crippen LogP contribution is 2.38. The monoisotopic (exact) mass is 1050 g/mol. The van der Waals surface area contributed by atoms with E-state index in [-0.39, 0.29) is 62.4 Å². The molecule has 3 fully saturated rings. The number of piperidine rings is 1. The van der Waals surface area contributed by atoms with Gasteiger partial charge in [0.05, 0.1) is 50.8 Å². The third-order valence-electron chi connectivity index (χ3n) is 15.4. The van der Waals surface area contributed by atoms with Gasteiger partial charge in [-0.05, 0) is 107 Å². The molecule has 1 saturated carbocycles. The van der Waals surface area contributed by atoms with Crippen molar-refractivity contribution in [2.75, 3.05) is 54.3 Å². The molecule has 2 bridgehead atoms. The topological polar surface area (TPSA) is 203 Å². The van der Waals surface area contributed by atoms with E-state index >= 15 is 0 Å². The number of hydrogen-bond acceptors (Lipinski definition) is 15. The van der Waals surface area contributed by atoms with Gasteiger partial charge in [-0.25, -0.2) is 4.79 Å². The van der Waals surface area contributed by atoms with Gasteiger partial charge in [-0.1, -0.05) is 71.1 Å². The van der Waals surface area contributed by atoms with Crippen molar-refractivity contribution in [3.8, 4) is 0 Å². The minimum Gasteiger partial charge on any atom is -0.460 e. The minimum atomic E-state index is -2.96. The van der Waals surface area contributed by atoms with Crippen LogP contribution in [0.15, 0.2) is 47.6 Å². The van der Waals surface area contributed by atoms with Gasteiger partial charge in [-0.3, -0.25) is 19.2 Å². The molecule has 4 rings (SSSR count). The summed E-state index contributed by atoms with van der Waals surface area (Å²) in [5, 5.41) is 23.6. The number of halogens is 2. The zero-order valence-electron chi connectivity index (χ0n) is 45.5. The molecule has 420 valence electrons. The molecule has 2 N–H and O–H groups in total. The van der Waals surface area contributed by atoms with Gasteiger partial charge in [-0.2, -0.15) is 8.78 Å². The van der Waals surface area contributed by atoms with Crippen LogP contribution in [0.3, 0.4) is 0 Å². The summed E-state index contributed by atoms with van der Waals surface area (Å²) in [6.45, 7) is 10.8. The molecule has 3 aliphatic heterocycles. The fourth-order valence-electron chi connectivity index (χ4n) is 10.8. The van der Waals surface area contributed by atoms with Crippen LogP contribution in [0, 0.1) is 35.5 Å². The van der Waals surface area contributed by atoms with Gasteiger partial charge >= 0.3 is 12.6 Å². The van der Waals surface area contributed by atoms with E-state index in [4.69, 9.17) is 37.9 Å². The van der Waals surface area contributed by atoms with Crippen molar-refractivity contribution in [2.45, 2.75) is 187 Å². The van der Waals surface area contributed by atoms with Crippen LogP contribution in [-0.2, 0) is 61.9 Å². The number of hydrogen-bond donors (Lipinski definition) is 2. The third kappa shape index (κ3) is 18.3. The van der Waals surface area contributed by atoms with Crippen LogP contribution in [0.25, 0.3) is 0 Å². The number of Topliss-reactive ketones (excluding diaryl/α,β-unsaturated/α-hetero) is 3. The van der Waals surface area contributed by atoms with Gasteiger partial charge in [0.25, 0.3) is 11.7 Å². The van der Waals surface area contributed by atoms with E-state index in [2.05, 4.69) is 0 Å². The van der Waals surface area contributed by atoms with E-state index in [1.54, 1.807) is 40.9 Å². The van der Waals surface area contributed by atoms with Gasteiger partial charge in [0, 0.05) is 58.5 Å². The molecule has 4 aliphatic rings. The molecule has 3 heterocycles. The number of carbonyl (C=O) groups excluding carboxylic acids is 5. The molecule has 18 heteroatoms. The van der Waals surface area contributed by atoms with E-state index in [1.807, 2.05) is 51.2 Å². The molecule has 0 aromatic rings. The molecule has 0 aromatic carbocycles. The number of amides is 1. The smallest absolute Gasteiger partial charge is 0.345 e. The molecule has 0 radical (unpaired) electrons. The molecule has 1 amide bonds. The van der Waals surface area contributed by atoms with E-state index in [0.29, 0.717) is 76.6 Å². The number of aliphatic hydroxyl groups excluding tert-OH is 1. The second-order valence-electron chi connectivity index (χ2n) is 21.2. The number of cyclic esters (lactones) is 1. The Bertz CT molecular complexity index is 1940. The average molecular weight is 1050 g/mol. The number of methoxy groups -OCH3 is 3. The Labute approximate surface area is 437 Å². The first-order valence-corrected chi connectivity index (χ1v) is 26.7. The Morgan fingerprint density at radius 2 is 1.57 bits per heavy atom. The number of ketones is 3. The average Bonchev–Trinajstić information content (AvgIpc) is 3.37. The van der Waals surface area contributed by atoms with Gasteiger partial charge < -0.3 is 53.0 Å². The standard InChI is InChI=1S/C56H87F2NO15/c1-34-16-12-11-13-17-35(2)46(71-27-26-70-25-24-67-8)32-42-21-19-40(7)56(66,74-42)52(63)53(64)59-23-15-14-18-43(59)54(65)72-47(37(4)30-41-20-22-45(73-55(57)58)48(31-41)68-9)33-44(60)36(3)29-39(6)50(62)51(69-10)49(61)38(5)28-34/h11-13,16-17,29,34,36-38,40-43,45-48,50-51,55,62,66H,14-15,18-28,30-33H2,1-10H3/b13-11+,16-12+,35-17+,39-29+/t34-,36-,37-,38-,40-,41+,42+,43+,45-,46?,47+,48-,50-,51+,56-/m1/s1. The molecule has 74 heavy (non-hydrogen) atoms. The zero-order valence-corrected chi connectivity index (χ0v) is 45.5. The largest absolute Gasteiger partial charge is 0.460 e. The highest BCUT2D eigenvalue weighted by atomic mass is 19.3. The van der Waals surface area contributed by atoms with Crippen molar-refractivity contribution in [1.29, 1.82) is 0 Å². The third-order valence-corrected chi connectivity index (χ3v) is 15.4. The highest BCUT2D eigenvalue weighted by Gasteiger charge is 2.53. The Morgan fingerprint density at radius 1 is 0.838 bits per heavy atom. The number of alkyl halides is 2. The summed E-state index contributed by atoms with van der Waals surface area (Å²) in [6, 6.07) is -1.22. The van der Waals surface area contributed by atoms with Crippen molar-refractivity contribution in [3.05, 3.63) is 47.6 Å². The number of nitrogens with zero attached hydrogens (tertiary/aromatic N) is 1. The lowest BCUT2D eigenvalue weighted by Gasteiger charge is -2.43. The zero-order chi connectivity index (χ0) is 54.7. The van der Waals surface area contributed by atoms with Crippen molar-refractivity contribution in [2.24, 2.45) is 35.5 Å². The normalized spacial score (nSPS) is 37.0. The van der Waals surface area contributed by atoms with Gasteiger partial charge in [-0.15, -0.1) is 0 Å². The second kappa shape index (κ2) is 31.0. The molecule has 16 nitrogen and oxygen atoms in total. The molecular weight excluding hydrogens is 965 g/mol. The fraction of sp³-hybridized carbons (Fsp3) is 0.768. The van der Waals surface area contributed by atoms with Crippen molar-refractivity contribution >= 4 is 29.2 Å². The van der Waals surface area contributed by atoms with Crippen molar-refractivity contribution < 1.29 is 80.9 Å². The molecule has 1 unspecified atom stereocenters. The summed E-state index contributed by atoms with van der Waals surface area (Å²) < 4.78 is 72.1. The van der Waals surface area contributed by atoms with Crippen LogP contribution in [-0.4, -0.2) is 160 Å². The second-order valence-corrected chi connectivity index (χ2v) is 21.2. The van der Waals surface area contributed by atoms with Crippen LogP contribution in [0.1, 0.15) is 126 Å². The van der Waals surface area contributed by atoms with Crippen LogP contribution in [0.2, 0.25) is 0 Å². The van der Waals surface area contributed by atoms with Crippen LogP contribution >= 0.6 is 0 Å². The van der Waals surface area contributed by atoms with Gasteiger partial charge in [0.2, 0.25) is 5.79 Å². The number of fused-ring (bicyclic) bond motifs is 3. The lowest BCUT2D eigenvalue weighted by Crippen LogP contribution is -2.61. The quantitative estimate of drug-likeness (QED) is 0.0751. The van der Waals surface area contributed by atoms with E-state index in [0.717, 1.165) is 10.5 Å². The summed E-state index contributed by atoms with van der Waals surface area (Å²) >= 11 is 0. The highest BCUT2D eigenvalue weighted by molar-refractivity contribution is 6.39. The SMILES string of the molecule is COCCOCCOC1C[C@@H]2CC[C@@H](C)[C@@](O)(O2)C(=O)C(=O)N2CCCC[C@H]2C(=O)O[C@H]([C@H](C)C[C@@H]2CC[C@@H](OC(F)F)[C@H](OC)C2)CC(=O)[C@H](C)/C=C(\C)[C@@H](O)[C@@H](OC)C(=O)[C@H](C)C[C@H](C)/C=C/C=C/C=C/1C. The Kier molecular flexibility index (Phi) is 26.3. The molecule has 1 aliphatic carbocycles. The first-order valence-electron chi connectivity index (χ1n) is 26.7. The van der Waals surface area contributed by atoms with Crippen LogP contribution in [0.5, 0.6) is 0 Å². The minimum absolute atomic E-state index is 0.0286. The van der Waals surface area contributed by atoms with Gasteiger partial charge in [0.1, 0.15) is 30.1 Å². The molecule has 2 saturated heterocycles. The van der Waals surface area contributed by atoms with Crippen LogP contribution < -0.4 is 0 Å². The van der Waals surface area contributed by atoms with Gasteiger partial charge in [0.15, 0.2) is 5.78 Å². The Hall–Kier alpha value is -3.59. The molecule has 15 atom stereocenters. The predicted molar refractivity (Wildman–Crippen MR) is 272 cm³/mol. The number of carbonyl (C=O) groups is 5. The number of esters is 1. The fourth-order valence-corrected chi connectivity index (χ4v) is 10.8. The number of rotatable bonds is 14. The maximum Gasteiger partial charge on any atom is 0.345 e. The number of aliphatic hydroxyl groups is 2. The maximum atomic E-state index is 14.5. The van der Waals surface area contributed by atoms with Crippen molar-refractivity contribution in [3.63, 3.8) is 0 Å². The lowest BCUT2D eigenvalue weighted by atomic mass is 9.78. The lowest BCUT2D eigenvalue weighted by molar-refractivity contribution is -0.266. The van der Waals surface area contributed by atoms with E-state index in [9.17, 15) is 43.0 Å². The first-order chi connectivity index (χ1) is 35.1. The summed E-state index contributed by atoms with van der Waals surface area (Å²) in [5.41, 5.74) is 1.17. The molecular formula is C56H87F2NO15. The molecule has 0 aromatic heterocycles. The predicted octanol–water partition coefficient (Wildman–Crippen LogP) is 7.46. The summed E-state index contributed by atoms with van der Waals surface area (Å²) in [4.78, 5) is 72.6. The Balaban J connectivity index is 1.71. The number of allylic oxidation sites excluding steroid dienone is 6. The number of ether oxygens (including phenoxy) is 8. The van der Waals surface area contributed by atoms with Crippen molar-refractivity contribution in [1.82, 2.24) is 4.90 Å². The van der Waals surface area contributed by atoms with E-state index in [1.165, 1.54) is 14.2 Å². The summed E-state index contributed by atoms with van der Waals surface area (Å²) in [5.74, 6) is -8.87.